The van der Waals surface area contributed by atoms with Gasteiger partial charge in [0.2, 0.25) is 0 Å². The number of methoxy groups -OCH3 is 1. The van der Waals surface area contributed by atoms with Crippen LogP contribution in [0.1, 0.15) is 52.2 Å². The van der Waals surface area contributed by atoms with Gasteiger partial charge in [0.1, 0.15) is 11.9 Å². The molecule has 0 bridgehead atoms. The van der Waals surface area contributed by atoms with Gasteiger partial charge in [0.05, 0.1) is 12.6 Å². The number of ether oxygens (including phenoxy) is 1. The fourth-order valence-corrected chi connectivity index (χ4v) is 3.50. The molecule has 4 heteroatoms. The summed E-state index contributed by atoms with van der Waals surface area (Å²) < 4.78 is 5.42. The van der Waals surface area contributed by atoms with Crippen molar-refractivity contribution < 1.29 is 9.84 Å². The third kappa shape index (κ3) is 3.53. The fraction of sp³-hybridized carbons (Fsp3) is 0.647. The van der Waals surface area contributed by atoms with Crippen molar-refractivity contribution in [3.05, 3.63) is 28.8 Å². The third-order valence-electron chi connectivity index (χ3n) is 4.61. The standard InChI is InChI=1S/C17H28ClNO2/c1-6-17(7-2,19(8-3)9-4)16(20)14-12-13(18)10-11-15(14)21-5/h10-12,16,20H,6-9H2,1-5H3. The second-order valence-corrected chi connectivity index (χ2v) is 5.71. The molecule has 120 valence electrons. The summed E-state index contributed by atoms with van der Waals surface area (Å²) in [4.78, 5) is 2.33. The number of hydrogen-bond acceptors (Lipinski definition) is 3. The Kier molecular flexibility index (Phi) is 6.98. The van der Waals surface area contributed by atoms with E-state index >= 15 is 0 Å². The Morgan fingerprint density at radius 2 is 1.76 bits per heavy atom. The topological polar surface area (TPSA) is 32.7 Å². The number of benzene rings is 1. The van der Waals surface area contributed by atoms with Gasteiger partial charge >= 0.3 is 0 Å². The zero-order chi connectivity index (χ0) is 16.0. The molecule has 21 heavy (non-hydrogen) atoms. The van der Waals surface area contributed by atoms with Gasteiger partial charge in [-0.05, 0) is 44.1 Å². The van der Waals surface area contributed by atoms with Gasteiger partial charge in [0, 0.05) is 10.6 Å². The van der Waals surface area contributed by atoms with Crippen LogP contribution in [0.25, 0.3) is 0 Å². The number of nitrogens with zero attached hydrogens (tertiary/aromatic N) is 1. The molecule has 0 aliphatic heterocycles. The number of halogens is 1. The number of aliphatic hydroxyl groups is 1. The normalized spacial score (nSPS) is 13.5. The smallest absolute Gasteiger partial charge is 0.124 e. The molecular weight excluding hydrogens is 286 g/mol. The Balaban J connectivity index is 3.35. The first-order valence-electron chi connectivity index (χ1n) is 7.77. The summed E-state index contributed by atoms with van der Waals surface area (Å²) in [6.45, 7) is 10.3. The molecule has 1 N–H and O–H groups in total. The minimum Gasteiger partial charge on any atom is -0.496 e. The lowest BCUT2D eigenvalue weighted by atomic mass is 9.80. The van der Waals surface area contributed by atoms with Crippen LogP contribution in [0.3, 0.4) is 0 Å². The quantitative estimate of drug-likeness (QED) is 0.777. The van der Waals surface area contributed by atoms with E-state index < -0.39 is 6.10 Å². The minimum atomic E-state index is -0.638. The molecule has 1 aromatic rings. The maximum atomic E-state index is 11.1. The minimum absolute atomic E-state index is 0.304. The van der Waals surface area contributed by atoms with Crippen LogP contribution in [0.2, 0.25) is 5.02 Å². The number of likely N-dealkylation sites (N-methyl/N-ethyl adjacent to an activating group) is 1. The van der Waals surface area contributed by atoms with Gasteiger partial charge in [-0.15, -0.1) is 0 Å². The van der Waals surface area contributed by atoms with Crippen LogP contribution in [0.4, 0.5) is 0 Å². The van der Waals surface area contributed by atoms with Gasteiger partial charge < -0.3 is 9.84 Å². The van der Waals surface area contributed by atoms with Crippen molar-refractivity contribution in [2.75, 3.05) is 20.2 Å². The van der Waals surface area contributed by atoms with Crippen LogP contribution in [-0.4, -0.2) is 35.7 Å². The molecular formula is C17H28ClNO2. The van der Waals surface area contributed by atoms with Crippen molar-refractivity contribution in [1.82, 2.24) is 4.90 Å². The van der Waals surface area contributed by atoms with Crippen LogP contribution in [0, 0.1) is 0 Å². The average Bonchev–Trinajstić information content (AvgIpc) is 2.52. The van der Waals surface area contributed by atoms with E-state index in [4.69, 9.17) is 16.3 Å². The predicted molar refractivity (Wildman–Crippen MR) is 89.2 cm³/mol. The van der Waals surface area contributed by atoms with E-state index in [1.54, 1.807) is 13.2 Å². The highest BCUT2D eigenvalue weighted by atomic mass is 35.5. The zero-order valence-electron chi connectivity index (χ0n) is 13.8. The van der Waals surface area contributed by atoms with Crippen molar-refractivity contribution in [2.24, 2.45) is 0 Å². The lowest BCUT2D eigenvalue weighted by molar-refractivity contribution is -0.0375. The fourth-order valence-electron chi connectivity index (χ4n) is 3.32. The van der Waals surface area contributed by atoms with E-state index in [-0.39, 0.29) is 5.54 Å². The Morgan fingerprint density at radius 1 is 1.19 bits per heavy atom. The molecule has 1 unspecified atom stereocenters. The maximum absolute atomic E-state index is 11.1. The Morgan fingerprint density at radius 3 is 2.19 bits per heavy atom. The molecule has 0 heterocycles. The van der Waals surface area contributed by atoms with Gasteiger partial charge in [-0.1, -0.05) is 39.3 Å². The van der Waals surface area contributed by atoms with E-state index in [1.165, 1.54) is 0 Å². The maximum Gasteiger partial charge on any atom is 0.124 e. The summed E-state index contributed by atoms with van der Waals surface area (Å²) in [6.07, 6.45) is 1.09. The summed E-state index contributed by atoms with van der Waals surface area (Å²) in [5, 5.41) is 11.7. The molecule has 3 nitrogen and oxygen atoms in total. The van der Waals surface area contributed by atoms with E-state index in [1.807, 2.05) is 12.1 Å². The van der Waals surface area contributed by atoms with Crippen molar-refractivity contribution in [2.45, 2.75) is 52.2 Å². The van der Waals surface area contributed by atoms with Crippen LogP contribution in [0.15, 0.2) is 18.2 Å². The molecule has 0 saturated heterocycles. The largest absolute Gasteiger partial charge is 0.496 e. The van der Waals surface area contributed by atoms with Crippen molar-refractivity contribution in [1.29, 1.82) is 0 Å². The van der Waals surface area contributed by atoms with Crippen LogP contribution < -0.4 is 4.74 Å². The summed E-state index contributed by atoms with van der Waals surface area (Å²) in [7, 11) is 1.62. The van der Waals surface area contributed by atoms with E-state index in [2.05, 4.69) is 32.6 Å². The SMILES string of the molecule is CCN(CC)C(CC)(CC)C(O)c1cc(Cl)ccc1OC. The summed E-state index contributed by atoms with van der Waals surface area (Å²) in [5.41, 5.74) is 0.460. The Bertz CT molecular complexity index is 442. The molecule has 0 spiro atoms. The first-order chi connectivity index (χ1) is 10.00. The highest BCUT2D eigenvalue weighted by Crippen LogP contribution is 2.41. The summed E-state index contributed by atoms with van der Waals surface area (Å²) in [5.74, 6) is 0.685. The molecule has 0 aliphatic rings. The Hall–Kier alpha value is -0.770. The predicted octanol–water partition coefficient (Wildman–Crippen LogP) is 4.28. The number of rotatable bonds is 8. The Labute approximate surface area is 133 Å². The summed E-state index contributed by atoms with van der Waals surface area (Å²) >= 11 is 6.12. The molecule has 0 fully saturated rings. The molecule has 0 aromatic heterocycles. The van der Waals surface area contributed by atoms with Gasteiger partial charge in [-0.25, -0.2) is 0 Å². The lowest BCUT2D eigenvalue weighted by Crippen LogP contribution is -2.52. The van der Waals surface area contributed by atoms with E-state index in [0.29, 0.717) is 10.8 Å². The number of hydrogen-bond donors (Lipinski definition) is 1. The van der Waals surface area contributed by atoms with Crippen molar-refractivity contribution in [3.63, 3.8) is 0 Å². The van der Waals surface area contributed by atoms with Gasteiger partial charge in [-0.2, -0.15) is 0 Å². The van der Waals surface area contributed by atoms with Gasteiger partial charge in [-0.3, -0.25) is 4.90 Å². The second kappa shape index (κ2) is 8.02. The molecule has 0 saturated carbocycles. The van der Waals surface area contributed by atoms with Gasteiger partial charge in [0.15, 0.2) is 0 Å². The first kappa shape index (κ1) is 18.3. The first-order valence-corrected chi connectivity index (χ1v) is 8.14. The zero-order valence-corrected chi connectivity index (χ0v) is 14.6. The van der Waals surface area contributed by atoms with Gasteiger partial charge in [0.25, 0.3) is 0 Å². The molecule has 0 aliphatic carbocycles. The molecule has 0 amide bonds. The highest BCUT2D eigenvalue weighted by Gasteiger charge is 2.41. The van der Waals surface area contributed by atoms with E-state index in [0.717, 1.165) is 31.5 Å². The van der Waals surface area contributed by atoms with Crippen molar-refractivity contribution >= 4 is 11.6 Å². The second-order valence-electron chi connectivity index (χ2n) is 5.27. The molecule has 1 aromatic carbocycles. The molecule has 1 rings (SSSR count). The average molecular weight is 314 g/mol. The van der Waals surface area contributed by atoms with Crippen LogP contribution in [-0.2, 0) is 0 Å². The van der Waals surface area contributed by atoms with Crippen molar-refractivity contribution in [3.8, 4) is 5.75 Å². The monoisotopic (exact) mass is 313 g/mol. The lowest BCUT2D eigenvalue weighted by Gasteiger charge is -2.46. The summed E-state index contributed by atoms with van der Waals surface area (Å²) in [6, 6.07) is 5.42. The van der Waals surface area contributed by atoms with Crippen LogP contribution >= 0.6 is 11.6 Å². The molecule has 1 atom stereocenters. The van der Waals surface area contributed by atoms with E-state index in [9.17, 15) is 5.11 Å². The third-order valence-corrected chi connectivity index (χ3v) is 4.85. The number of aliphatic hydroxyl groups excluding tert-OH is 1. The highest BCUT2D eigenvalue weighted by molar-refractivity contribution is 6.30. The van der Waals surface area contributed by atoms with Crippen LogP contribution in [0.5, 0.6) is 5.75 Å². The molecule has 0 radical (unpaired) electrons.